The van der Waals surface area contributed by atoms with Gasteiger partial charge in [0.15, 0.2) is 5.76 Å². The number of ether oxygens (including phenoxy) is 1. The molecule has 2 unspecified atom stereocenters. The van der Waals surface area contributed by atoms with E-state index in [0.29, 0.717) is 30.7 Å². The molecule has 2 aromatic heterocycles. The van der Waals surface area contributed by atoms with Crippen molar-refractivity contribution in [1.29, 1.82) is 0 Å². The van der Waals surface area contributed by atoms with E-state index in [-0.39, 0.29) is 12.0 Å². The van der Waals surface area contributed by atoms with Gasteiger partial charge in [0.25, 0.3) is 0 Å². The summed E-state index contributed by atoms with van der Waals surface area (Å²) in [5, 5.41) is 7.37. The molecule has 0 amide bonds. The maximum absolute atomic E-state index is 5.49. The lowest BCUT2D eigenvalue weighted by molar-refractivity contribution is 0.185. The van der Waals surface area contributed by atoms with Gasteiger partial charge >= 0.3 is 0 Å². The highest BCUT2D eigenvalue weighted by molar-refractivity contribution is 5.51. The van der Waals surface area contributed by atoms with Gasteiger partial charge in [0.05, 0.1) is 25.4 Å². The van der Waals surface area contributed by atoms with Crippen molar-refractivity contribution in [3.05, 3.63) is 23.8 Å². The number of likely N-dealkylation sites (N-methyl/N-ethyl adjacent to an activating group) is 1. The Labute approximate surface area is 111 Å². The van der Waals surface area contributed by atoms with E-state index < -0.39 is 0 Å². The molecule has 19 heavy (non-hydrogen) atoms. The normalized spacial score (nSPS) is 23.1. The SMILES string of the molecule is CCNC1COCC1c1nc(-c2occc2C)no1. The molecule has 0 radical (unpaired) electrons. The van der Waals surface area contributed by atoms with E-state index >= 15 is 0 Å². The highest BCUT2D eigenvalue weighted by Crippen LogP contribution is 2.27. The summed E-state index contributed by atoms with van der Waals surface area (Å²) in [4.78, 5) is 4.44. The van der Waals surface area contributed by atoms with Crippen LogP contribution in [0, 0.1) is 6.92 Å². The van der Waals surface area contributed by atoms with Crippen LogP contribution in [0.1, 0.15) is 24.3 Å². The highest BCUT2D eigenvalue weighted by atomic mass is 16.5. The van der Waals surface area contributed by atoms with Crippen molar-refractivity contribution in [3.8, 4) is 11.6 Å². The predicted molar refractivity (Wildman–Crippen MR) is 67.8 cm³/mol. The van der Waals surface area contributed by atoms with Gasteiger partial charge in [-0.25, -0.2) is 0 Å². The maximum Gasteiger partial charge on any atom is 0.238 e. The highest BCUT2D eigenvalue weighted by Gasteiger charge is 2.33. The number of aromatic nitrogens is 2. The molecule has 3 rings (SSSR count). The smallest absolute Gasteiger partial charge is 0.238 e. The molecule has 102 valence electrons. The molecule has 6 heteroatoms. The van der Waals surface area contributed by atoms with Crippen LogP contribution >= 0.6 is 0 Å². The van der Waals surface area contributed by atoms with Gasteiger partial charge in [-0.3, -0.25) is 0 Å². The summed E-state index contributed by atoms with van der Waals surface area (Å²) >= 11 is 0. The fraction of sp³-hybridized carbons (Fsp3) is 0.538. The van der Waals surface area contributed by atoms with Crippen molar-refractivity contribution in [3.63, 3.8) is 0 Å². The van der Waals surface area contributed by atoms with Gasteiger partial charge in [-0.15, -0.1) is 0 Å². The fourth-order valence-electron chi connectivity index (χ4n) is 2.34. The van der Waals surface area contributed by atoms with Crippen LogP contribution < -0.4 is 5.32 Å². The Balaban J connectivity index is 1.83. The average Bonchev–Trinajstić information content (AvgIpc) is 3.08. The predicted octanol–water partition coefficient (Wildman–Crippen LogP) is 1.73. The lowest BCUT2D eigenvalue weighted by atomic mass is 10.0. The first kappa shape index (κ1) is 12.4. The number of furan rings is 1. The van der Waals surface area contributed by atoms with E-state index in [1.54, 1.807) is 6.26 Å². The average molecular weight is 263 g/mol. The summed E-state index contributed by atoms with van der Waals surface area (Å²) in [6.45, 7) is 6.20. The van der Waals surface area contributed by atoms with Crippen LogP contribution in [0.4, 0.5) is 0 Å². The Bertz CT molecular complexity index is 549. The first-order valence-electron chi connectivity index (χ1n) is 6.48. The first-order chi connectivity index (χ1) is 9.29. The molecule has 2 aromatic rings. The van der Waals surface area contributed by atoms with Crippen LogP contribution in [0.5, 0.6) is 0 Å². The van der Waals surface area contributed by atoms with Crippen LogP contribution in [-0.2, 0) is 4.74 Å². The molecule has 0 aliphatic carbocycles. The molecule has 0 bridgehead atoms. The Morgan fingerprint density at radius 3 is 3.05 bits per heavy atom. The summed E-state index contributed by atoms with van der Waals surface area (Å²) in [7, 11) is 0. The van der Waals surface area contributed by atoms with Crippen molar-refractivity contribution < 1.29 is 13.7 Å². The first-order valence-corrected chi connectivity index (χ1v) is 6.48. The quantitative estimate of drug-likeness (QED) is 0.905. The third-order valence-electron chi connectivity index (χ3n) is 3.37. The minimum atomic E-state index is 0.108. The molecule has 2 atom stereocenters. The van der Waals surface area contributed by atoms with Crippen LogP contribution in [-0.4, -0.2) is 35.9 Å². The van der Waals surface area contributed by atoms with E-state index in [1.807, 2.05) is 13.0 Å². The summed E-state index contributed by atoms with van der Waals surface area (Å²) in [5.41, 5.74) is 0.998. The van der Waals surface area contributed by atoms with Gasteiger partial charge in [0.2, 0.25) is 11.7 Å². The molecule has 1 aliphatic rings. The van der Waals surface area contributed by atoms with Crippen molar-refractivity contribution in [2.24, 2.45) is 0 Å². The van der Waals surface area contributed by atoms with Crippen molar-refractivity contribution in [2.75, 3.05) is 19.8 Å². The molecule has 6 nitrogen and oxygen atoms in total. The molecule has 1 saturated heterocycles. The molecule has 3 heterocycles. The number of nitrogens with one attached hydrogen (secondary N) is 1. The summed E-state index contributed by atoms with van der Waals surface area (Å²) < 4.78 is 16.2. The van der Waals surface area contributed by atoms with E-state index in [1.165, 1.54) is 0 Å². The molecule has 0 spiro atoms. The van der Waals surface area contributed by atoms with E-state index in [4.69, 9.17) is 13.7 Å². The monoisotopic (exact) mass is 263 g/mol. The zero-order valence-electron chi connectivity index (χ0n) is 11.0. The van der Waals surface area contributed by atoms with E-state index in [0.717, 1.165) is 12.1 Å². The second kappa shape index (κ2) is 5.14. The molecular formula is C13H17N3O3. The van der Waals surface area contributed by atoms with Crippen LogP contribution in [0.2, 0.25) is 0 Å². The van der Waals surface area contributed by atoms with Gasteiger partial charge in [-0.05, 0) is 25.1 Å². The topological polar surface area (TPSA) is 73.3 Å². The van der Waals surface area contributed by atoms with Gasteiger partial charge in [0.1, 0.15) is 0 Å². The summed E-state index contributed by atoms with van der Waals surface area (Å²) in [5.74, 6) is 1.87. The minimum Gasteiger partial charge on any atom is -0.461 e. The largest absolute Gasteiger partial charge is 0.461 e. The Kier molecular flexibility index (Phi) is 3.35. The lowest BCUT2D eigenvalue weighted by Gasteiger charge is -2.13. The van der Waals surface area contributed by atoms with Crippen LogP contribution in [0.15, 0.2) is 21.3 Å². The van der Waals surface area contributed by atoms with Crippen molar-refractivity contribution in [2.45, 2.75) is 25.8 Å². The molecular weight excluding hydrogens is 246 g/mol. The maximum atomic E-state index is 5.49. The third kappa shape index (κ3) is 2.29. The molecule has 1 N–H and O–H groups in total. The number of nitrogens with zero attached hydrogens (tertiary/aromatic N) is 2. The van der Waals surface area contributed by atoms with Gasteiger partial charge in [-0.1, -0.05) is 12.1 Å². The second-order valence-corrected chi connectivity index (χ2v) is 4.70. The zero-order chi connectivity index (χ0) is 13.2. The molecule has 1 aliphatic heterocycles. The fourth-order valence-corrected chi connectivity index (χ4v) is 2.34. The standard InChI is InChI=1S/C13H17N3O3/c1-3-14-10-7-17-6-9(10)13-15-12(16-19-13)11-8(2)4-5-18-11/h4-5,9-10,14H,3,6-7H2,1-2H3. The molecule has 0 saturated carbocycles. The lowest BCUT2D eigenvalue weighted by Crippen LogP contribution is -2.34. The third-order valence-corrected chi connectivity index (χ3v) is 3.37. The zero-order valence-corrected chi connectivity index (χ0v) is 11.0. The number of hydrogen-bond acceptors (Lipinski definition) is 6. The second-order valence-electron chi connectivity index (χ2n) is 4.70. The molecule has 1 fully saturated rings. The Hall–Kier alpha value is -1.66. The van der Waals surface area contributed by atoms with E-state index in [9.17, 15) is 0 Å². The Morgan fingerprint density at radius 1 is 1.42 bits per heavy atom. The molecule has 0 aromatic carbocycles. The summed E-state index contributed by atoms with van der Waals surface area (Å²) in [6, 6.07) is 2.11. The van der Waals surface area contributed by atoms with Crippen LogP contribution in [0.25, 0.3) is 11.6 Å². The van der Waals surface area contributed by atoms with Gasteiger partial charge in [0, 0.05) is 6.04 Å². The summed E-state index contributed by atoms with van der Waals surface area (Å²) in [6.07, 6.45) is 1.63. The van der Waals surface area contributed by atoms with Gasteiger partial charge in [-0.2, -0.15) is 4.98 Å². The van der Waals surface area contributed by atoms with Crippen molar-refractivity contribution >= 4 is 0 Å². The van der Waals surface area contributed by atoms with E-state index in [2.05, 4.69) is 22.4 Å². The van der Waals surface area contributed by atoms with Gasteiger partial charge < -0.3 is 19.0 Å². The number of aryl methyl sites for hydroxylation is 1. The van der Waals surface area contributed by atoms with Crippen LogP contribution in [0.3, 0.4) is 0 Å². The Morgan fingerprint density at radius 2 is 2.32 bits per heavy atom. The van der Waals surface area contributed by atoms with Crippen molar-refractivity contribution in [1.82, 2.24) is 15.5 Å². The number of rotatable bonds is 4. The number of hydrogen-bond donors (Lipinski definition) is 1. The minimum absolute atomic E-state index is 0.108.